The molecule has 1 unspecified atom stereocenters. The minimum Gasteiger partial charge on any atom is -0.473 e. The highest BCUT2D eigenvalue weighted by Crippen LogP contribution is 2.25. The fraction of sp³-hybridized carbons (Fsp3) is 0.136. The number of aromatic nitrogens is 8. The topological polar surface area (TPSA) is 120 Å². The Bertz CT molecular complexity index is 1470. The average molecular weight is 441 g/mol. The van der Waals surface area contributed by atoms with Crippen molar-refractivity contribution < 1.29 is 9.13 Å². The van der Waals surface area contributed by atoms with Crippen LogP contribution in [0.2, 0.25) is 0 Å². The third-order valence-electron chi connectivity index (χ3n) is 4.88. The number of pyridine rings is 2. The van der Waals surface area contributed by atoms with Crippen LogP contribution >= 0.6 is 0 Å². The molecule has 1 atom stereocenters. The molecule has 0 saturated heterocycles. The lowest BCUT2D eigenvalue weighted by atomic mass is 10.2. The van der Waals surface area contributed by atoms with E-state index in [-0.39, 0.29) is 6.10 Å². The summed E-state index contributed by atoms with van der Waals surface area (Å²) >= 11 is 0. The van der Waals surface area contributed by atoms with E-state index < -0.39 is 5.82 Å². The van der Waals surface area contributed by atoms with Crippen molar-refractivity contribution in [2.24, 2.45) is 0 Å². The van der Waals surface area contributed by atoms with Crippen molar-refractivity contribution in [2.45, 2.75) is 19.6 Å². The first kappa shape index (κ1) is 20.2. The van der Waals surface area contributed by atoms with Crippen molar-refractivity contribution in [1.29, 1.82) is 5.26 Å². The molecular weight excluding hydrogens is 425 g/mol. The van der Waals surface area contributed by atoms with Crippen molar-refractivity contribution in [2.75, 3.05) is 0 Å². The summed E-state index contributed by atoms with van der Waals surface area (Å²) < 4.78 is 23.0. The van der Waals surface area contributed by atoms with Gasteiger partial charge in [-0.05, 0) is 53.7 Å². The maximum Gasteiger partial charge on any atom is 0.214 e. The van der Waals surface area contributed by atoms with Crippen LogP contribution in [0.15, 0.2) is 61.2 Å². The molecule has 4 aromatic heterocycles. The summed E-state index contributed by atoms with van der Waals surface area (Å²) in [4.78, 5) is 13.6. The number of nitriles is 1. The van der Waals surface area contributed by atoms with E-state index in [9.17, 15) is 9.65 Å². The van der Waals surface area contributed by atoms with Gasteiger partial charge in [0.2, 0.25) is 5.88 Å². The van der Waals surface area contributed by atoms with E-state index in [2.05, 4.69) is 36.5 Å². The second kappa shape index (κ2) is 8.43. The molecule has 4 heterocycles. The number of rotatable bonds is 6. The maximum absolute atomic E-state index is 13.9. The smallest absolute Gasteiger partial charge is 0.214 e. The van der Waals surface area contributed by atoms with Crippen molar-refractivity contribution in [3.8, 4) is 29.0 Å². The van der Waals surface area contributed by atoms with Gasteiger partial charge in [0, 0.05) is 6.07 Å². The van der Waals surface area contributed by atoms with E-state index >= 15 is 0 Å². The monoisotopic (exact) mass is 441 g/mol. The Hall–Kier alpha value is -4.72. The molecule has 0 N–H and O–H groups in total. The minimum atomic E-state index is -0.454. The first-order valence-electron chi connectivity index (χ1n) is 10.00. The second-order valence-electron chi connectivity index (χ2n) is 7.25. The second-order valence-corrected chi connectivity index (χ2v) is 7.25. The third-order valence-corrected chi connectivity index (χ3v) is 4.88. The van der Waals surface area contributed by atoms with Crippen LogP contribution in [0.25, 0.3) is 28.2 Å². The fourth-order valence-corrected chi connectivity index (χ4v) is 3.41. The summed E-state index contributed by atoms with van der Waals surface area (Å²) in [5.74, 6) is -0.0234. The molecular formula is C22H16FN9O. The number of nitrogens with zero attached hydrogens (tertiary/aromatic N) is 9. The van der Waals surface area contributed by atoms with Crippen LogP contribution in [0, 0.1) is 17.1 Å². The summed E-state index contributed by atoms with van der Waals surface area (Å²) in [6.07, 6.45) is 2.82. The molecule has 11 heteroatoms. The maximum atomic E-state index is 13.9. The van der Waals surface area contributed by atoms with Gasteiger partial charge in [0.25, 0.3) is 0 Å². The van der Waals surface area contributed by atoms with E-state index in [1.54, 1.807) is 27.4 Å². The van der Waals surface area contributed by atoms with Crippen molar-refractivity contribution in [1.82, 2.24) is 39.7 Å². The SMILES string of the molecule is CC(Cn1cnnn1)Oc1cccc(-c2ccc3ncn(-c4cc(F)ccc4C#N)c3n2)n1. The minimum absolute atomic E-state index is 0.217. The third kappa shape index (κ3) is 4.09. The Kier molecular flexibility index (Phi) is 5.16. The number of hydrogen-bond donors (Lipinski definition) is 0. The Morgan fingerprint density at radius 1 is 1.09 bits per heavy atom. The van der Waals surface area contributed by atoms with Crippen LogP contribution in [-0.2, 0) is 6.54 Å². The summed E-state index contributed by atoms with van der Waals surface area (Å²) in [6.45, 7) is 2.36. The van der Waals surface area contributed by atoms with Crippen LogP contribution in [0.1, 0.15) is 12.5 Å². The first-order chi connectivity index (χ1) is 16.1. The molecule has 5 rings (SSSR count). The van der Waals surface area contributed by atoms with Crippen LogP contribution in [0.4, 0.5) is 4.39 Å². The largest absolute Gasteiger partial charge is 0.473 e. The number of fused-ring (bicyclic) bond motifs is 1. The highest BCUT2D eigenvalue weighted by Gasteiger charge is 2.14. The van der Waals surface area contributed by atoms with Crippen LogP contribution in [-0.4, -0.2) is 45.8 Å². The zero-order valence-electron chi connectivity index (χ0n) is 17.4. The van der Waals surface area contributed by atoms with Gasteiger partial charge in [0.15, 0.2) is 5.65 Å². The van der Waals surface area contributed by atoms with Gasteiger partial charge >= 0.3 is 0 Å². The number of benzene rings is 1. The summed E-state index contributed by atoms with van der Waals surface area (Å²) in [5, 5.41) is 20.5. The molecule has 0 amide bonds. The average Bonchev–Trinajstić information content (AvgIpc) is 3.48. The predicted molar refractivity (Wildman–Crippen MR) is 115 cm³/mol. The molecule has 0 aliphatic heterocycles. The first-order valence-corrected chi connectivity index (χ1v) is 10.00. The predicted octanol–water partition coefficient (Wildman–Crippen LogP) is 2.95. The summed E-state index contributed by atoms with van der Waals surface area (Å²) in [5.41, 5.74) is 2.94. The molecule has 0 bridgehead atoms. The van der Waals surface area contributed by atoms with Gasteiger partial charge < -0.3 is 4.74 Å². The molecule has 0 fully saturated rings. The normalized spacial score (nSPS) is 11.9. The summed E-state index contributed by atoms with van der Waals surface area (Å²) in [7, 11) is 0. The Labute approximate surface area is 186 Å². The molecule has 0 aliphatic rings. The molecule has 0 radical (unpaired) electrons. The molecule has 1 aromatic carbocycles. The van der Waals surface area contributed by atoms with Gasteiger partial charge in [-0.1, -0.05) is 6.07 Å². The molecule has 0 aliphatic carbocycles. The number of ether oxygens (including phenoxy) is 1. The van der Waals surface area contributed by atoms with E-state index in [0.717, 1.165) is 0 Å². The lowest BCUT2D eigenvalue weighted by Crippen LogP contribution is -2.20. The quantitative estimate of drug-likeness (QED) is 0.394. The van der Waals surface area contributed by atoms with Gasteiger partial charge in [0.1, 0.15) is 36.2 Å². The standard InChI is InChI=1S/C22H16FN9O/c1-14(11-31-13-26-29-30-31)33-21-4-2-3-17(27-21)18-7-8-19-22(28-18)32(12-25-19)20-9-16(23)6-5-15(20)10-24/h2-9,12-14H,11H2,1H3. The van der Waals surface area contributed by atoms with E-state index in [0.29, 0.717) is 46.2 Å². The Morgan fingerprint density at radius 2 is 1.97 bits per heavy atom. The molecule has 162 valence electrons. The highest BCUT2D eigenvalue weighted by atomic mass is 19.1. The van der Waals surface area contributed by atoms with Crippen molar-refractivity contribution in [3.05, 3.63) is 72.6 Å². The number of hydrogen-bond acceptors (Lipinski definition) is 8. The lowest BCUT2D eigenvalue weighted by molar-refractivity contribution is 0.185. The van der Waals surface area contributed by atoms with Gasteiger partial charge in [-0.2, -0.15) is 5.26 Å². The number of tetrazole rings is 1. The number of halogens is 1. The van der Waals surface area contributed by atoms with Crippen molar-refractivity contribution in [3.63, 3.8) is 0 Å². The highest BCUT2D eigenvalue weighted by molar-refractivity contribution is 5.77. The zero-order chi connectivity index (χ0) is 22.8. The van der Waals surface area contributed by atoms with E-state index in [4.69, 9.17) is 4.74 Å². The molecule has 0 spiro atoms. The van der Waals surface area contributed by atoms with Gasteiger partial charge in [-0.25, -0.2) is 24.0 Å². The molecule has 0 saturated carbocycles. The lowest BCUT2D eigenvalue weighted by Gasteiger charge is -2.14. The fourth-order valence-electron chi connectivity index (χ4n) is 3.41. The zero-order valence-corrected chi connectivity index (χ0v) is 17.4. The van der Waals surface area contributed by atoms with Gasteiger partial charge in [0.05, 0.1) is 29.2 Å². The van der Waals surface area contributed by atoms with Crippen LogP contribution in [0.5, 0.6) is 5.88 Å². The number of imidazole rings is 1. The van der Waals surface area contributed by atoms with Crippen LogP contribution in [0.3, 0.4) is 0 Å². The Morgan fingerprint density at radius 3 is 2.79 bits per heavy atom. The Balaban J connectivity index is 1.48. The van der Waals surface area contributed by atoms with Gasteiger partial charge in [-0.3, -0.25) is 4.57 Å². The molecule has 10 nitrogen and oxygen atoms in total. The molecule has 33 heavy (non-hydrogen) atoms. The van der Waals surface area contributed by atoms with Crippen LogP contribution < -0.4 is 4.74 Å². The van der Waals surface area contributed by atoms with E-state index in [1.807, 2.05) is 19.1 Å². The summed E-state index contributed by atoms with van der Waals surface area (Å²) in [6, 6.07) is 15.0. The molecule has 5 aromatic rings. The van der Waals surface area contributed by atoms with E-state index in [1.165, 1.54) is 30.9 Å². The van der Waals surface area contributed by atoms with Gasteiger partial charge in [-0.15, -0.1) is 5.10 Å². The van der Waals surface area contributed by atoms with Crippen molar-refractivity contribution >= 4 is 11.2 Å².